The molecule has 4 heteroatoms. The maximum absolute atomic E-state index is 5.10. The second-order valence-corrected chi connectivity index (χ2v) is 3.48. The minimum atomic E-state index is 0.595. The van der Waals surface area contributed by atoms with Crippen molar-refractivity contribution >= 4 is 9.13 Å². The van der Waals surface area contributed by atoms with Crippen molar-refractivity contribution in [2.75, 3.05) is 13.2 Å². The van der Waals surface area contributed by atoms with E-state index in [0.29, 0.717) is 13.2 Å². The van der Waals surface area contributed by atoms with Gasteiger partial charge in [0.1, 0.15) is 0 Å². The van der Waals surface area contributed by atoms with E-state index in [0.717, 1.165) is 9.13 Å². The number of hydrogen-bond acceptors (Lipinski definition) is 2. The number of rotatable bonds is 5. The van der Waals surface area contributed by atoms with Crippen LogP contribution in [0.1, 0.15) is 13.8 Å². The Morgan fingerprint density at radius 1 is 1.00 bits per heavy atom. The van der Waals surface area contributed by atoms with Crippen LogP contribution in [0.2, 0.25) is 0 Å². The van der Waals surface area contributed by atoms with E-state index in [9.17, 15) is 0 Å². The van der Waals surface area contributed by atoms with Gasteiger partial charge in [-0.25, -0.2) is 0 Å². The van der Waals surface area contributed by atoms with Gasteiger partial charge in [0.25, 0.3) is 0 Å². The van der Waals surface area contributed by atoms with Crippen LogP contribution < -0.4 is 0 Å². The van der Waals surface area contributed by atoms with Crippen LogP contribution in [-0.4, -0.2) is 22.3 Å². The van der Waals surface area contributed by atoms with Crippen LogP contribution in [0.4, 0.5) is 0 Å². The second kappa shape index (κ2) is 6.44. The molecule has 0 spiro atoms. The molecular weight excluding hydrogens is 208 g/mol. The first-order valence-corrected chi connectivity index (χ1v) is 4.17. The summed E-state index contributed by atoms with van der Waals surface area (Å²) in [6, 6.07) is 0. The summed E-state index contributed by atoms with van der Waals surface area (Å²) in [5.74, 6) is 0. The van der Waals surface area contributed by atoms with Crippen molar-refractivity contribution in [1.29, 1.82) is 0 Å². The molecule has 0 bridgehead atoms. The third-order valence-electron chi connectivity index (χ3n) is 0.694. The Balaban J connectivity index is 3.06. The Bertz CT molecular complexity index is 118. The molecule has 0 aromatic heterocycles. The van der Waals surface area contributed by atoms with E-state index in [-0.39, 0.29) is 0 Å². The molecule has 0 N–H and O–H groups in total. The summed E-state index contributed by atoms with van der Waals surface area (Å²) in [4.78, 5) is 0. The molecule has 0 saturated heterocycles. The van der Waals surface area contributed by atoms with Crippen molar-refractivity contribution < 1.29 is 41.2 Å². The molecule has 0 aromatic rings. The molecule has 10 heavy (non-hydrogen) atoms. The first-order chi connectivity index (χ1) is 4.63. The van der Waals surface area contributed by atoms with E-state index in [1.165, 1.54) is 0 Å². The van der Waals surface area contributed by atoms with Crippen LogP contribution in [-0.2, 0) is 41.2 Å². The van der Waals surface area contributed by atoms with Gasteiger partial charge in [0.05, 0.1) is 0 Å². The van der Waals surface area contributed by atoms with Crippen molar-refractivity contribution in [2.45, 2.75) is 13.8 Å². The van der Waals surface area contributed by atoms with E-state index in [1.54, 1.807) is 0 Å². The van der Waals surface area contributed by atoms with Crippen LogP contribution in [0, 0.1) is 0 Å². The predicted molar refractivity (Wildman–Crippen MR) is 33.3 cm³/mol. The maximum atomic E-state index is 5.10. The first kappa shape index (κ1) is 10.7. The minimum absolute atomic E-state index is 0.595. The van der Waals surface area contributed by atoms with Crippen molar-refractivity contribution in [1.82, 2.24) is 0 Å². The quantitative estimate of drug-likeness (QED) is 0.622. The molecule has 0 amide bonds. The molecule has 0 aromatic carbocycles. The fourth-order valence-corrected chi connectivity index (χ4v) is 0.631. The van der Waals surface area contributed by atoms with Gasteiger partial charge in [0.15, 0.2) is 0 Å². The van der Waals surface area contributed by atoms with Crippen molar-refractivity contribution in [2.24, 2.45) is 0 Å². The first-order valence-electron chi connectivity index (χ1n) is 2.89. The van der Waals surface area contributed by atoms with Crippen LogP contribution >= 0.6 is 0 Å². The average Bonchev–Trinajstić information content (AvgIpc) is 1.79. The molecule has 0 saturated carbocycles. The zero-order valence-electron chi connectivity index (χ0n) is 6.05. The zero-order valence-corrected chi connectivity index (χ0v) is 8.60. The standard InChI is InChI=1S/C6H10O2.2Cr/c1-3-7-5-6-8-4-2;;/h5-6H2,1-2H3;;. The van der Waals surface area contributed by atoms with Gasteiger partial charge < -0.3 is 0 Å². The van der Waals surface area contributed by atoms with Gasteiger partial charge in [0, 0.05) is 0 Å². The predicted octanol–water partition coefficient (Wildman–Crippen LogP) is 0.413. The van der Waals surface area contributed by atoms with E-state index < -0.39 is 0 Å². The summed E-state index contributed by atoms with van der Waals surface area (Å²) >= 11 is 5.50. The Kier molecular flexibility index (Phi) is 6.90. The fourth-order valence-electron chi connectivity index (χ4n) is 0.371. The second-order valence-electron chi connectivity index (χ2n) is 1.68. The summed E-state index contributed by atoms with van der Waals surface area (Å²) in [5, 5.41) is 0. The van der Waals surface area contributed by atoms with Gasteiger partial charge in [-0.05, 0) is 0 Å². The third-order valence-corrected chi connectivity index (χ3v) is 1.06. The molecule has 0 atom stereocenters. The van der Waals surface area contributed by atoms with E-state index in [4.69, 9.17) is 9.47 Å². The van der Waals surface area contributed by atoms with Gasteiger partial charge in [-0.3, -0.25) is 0 Å². The van der Waals surface area contributed by atoms with Gasteiger partial charge in [-0.15, -0.1) is 0 Å². The zero-order chi connectivity index (χ0) is 7.98. The fraction of sp³-hybridized carbons (Fsp3) is 0.667. The molecule has 0 heterocycles. The Hall–Kier alpha value is 0.725. The Morgan fingerprint density at radius 3 is 1.50 bits per heavy atom. The van der Waals surface area contributed by atoms with Gasteiger partial charge >= 0.3 is 77.4 Å². The van der Waals surface area contributed by atoms with Crippen LogP contribution in [0.15, 0.2) is 0 Å². The number of ether oxygens (including phenoxy) is 2. The molecule has 0 unspecified atom stereocenters. The molecule has 0 fully saturated rings. The van der Waals surface area contributed by atoms with E-state index in [2.05, 4.69) is 31.7 Å². The summed E-state index contributed by atoms with van der Waals surface area (Å²) in [5.41, 5.74) is 0. The Morgan fingerprint density at radius 2 is 1.30 bits per heavy atom. The number of hydrogen-bond donors (Lipinski definition) is 0. The SMILES string of the molecule is C[C](=[Cr])OCCO[C](C)=[Cr]. The molecule has 0 aliphatic rings. The van der Waals surface area contributed by atoms with Gasteiger partial charge in [0.2, 0.25) is 0 Å². The molecule has 0 aliphatic carbocycles. The van der Waals surface area contributed by atoms with Crippen LogP contribution in [0.25, 0.3) is 0 Å². The summed E-state index contributed by atoms with van der Waals surface area (Å²) in [6.07, 6.45) is 0. The van der Waals surface area contributed by atoms with Gasteiger partial charge in [-0.2, -0.15) is 0 Å². The van der Waals surface area contributed by atoms with E-state index >= 15 is 0 Å². The summed E-state index contributed by atoms with van der Waals surface area (Å²) < 4.78 is 11.9. The van der Waals surface area contributed by atoms with Crippen molar-refractivity contribution in [3.05, 3.63) is 0 Å². The van der Waals surface area contributed by atoms with Crippen LogP contribution in [0.3, 0.4) is 0 Å². The Labute approximate surface area is 77.4 Å². The average molecular weight is 218 g/mol. The topological polar surface area (TPSA) is 18.5 Å². The summed E-state index contributed by atoms with van der Waals surface area (Å²) in [6.45, 7) is 4.93. The van der Waals surface area contributed by atoms with Crippen molar-refractivity contribution in [3.63, 3.8) is 0 Å². The third kappa shape index (κ3) is 8.72. The monoisotopic (exact) mass is 218 g/mol. The molecule has 0 radical (unpaired) electrons. The molecular formula is C6H10Cr2O2. The van der Waals surface area contributed by atoms with Crippen molar-refractivity contribution in [3.8, 4) is 0 Å². The van der Waals surface area contributed by atoms with Crippen LogP contribution in [0.5, 0.6) is 0 Å². The summed E-state index contributed by atoms with van der Waals surface area (Å²) in [7, 11) is 0. The van der Waals surface area contributed by atoms with E-state index in [1.807, 2.05) is 13.8 Å². The molecule has 0 rings (SSSR count). The molecule has 58 valence electrons. The normalized spacial score (nSPS) is 9.40. The molecule has 0 aliphatic heterocycles. The van der Waals surface area contributed by atoms with Gasteiger partial charge in [-0.1, -0.05) is 0 Å². The molecule has 2 nitrogen and oxygen atoms in total.